The number of ketones is 1. The van der Waals surface area contributed by atoms with Crippen LogP contribution in [0.5, 0.6) is 0 Å². The molecule has 1 atom stereocenters. The predicted octanol–water partition coefficient (Wildman–Crippen LogP) is 4.97. The molecule has 1 aliphatic rings. The number of amides is 1. The van der Waals surface area contributed by atoms with Gasteiger partial charge in [-0.15, -0.1) is 0 Å². The Morgan fingerprint density at radius 3 is 2.16 bits per heavy atom. The van der Waals surface area contributed by atoms with E-state index < -0.39 is 11.5 Å². The summed E-state index contributed by atoms with van der Waals surface area (Å²) in [6.07, 6.45) is 0.398. The van der Waals surface area contributed by atoms with Crippen LogP contribution >= 0.6 is 0 Å². The normalized spacial score (nSPS) is 17.5. The van der Waals surface area contributed by atoms with Crippen molar-refractivity contribution in [3.63, 3.8) is 0 Å². The van der Waals surface area contributed by atoms with Crippen LogP contribution in [0.3, 0.4) is 0 Å². The Balaban J connectivity index is 1.67. The fraction of sp³-hybridized carbons (Fsp3) is 0.286. The molecule has 164 valence electrons. The number of para-hydroxylation sites is 1. The zero-order valence-corrected chi connectivity index (χ0v) is 19.1. The maximum atomic E-state index is 13.5. The molecule has 0 saturated heterocycles. The van der Waals surface area contributed by atoms with Crippen LogP contribution in [0, 0.1) is 27.7 Å². The maximum Gasteiger partial charge on any atom is 0.264 e. The summed E-state index contributed by atoms with van der Waals surface area (Å²) in [5.41, 5.74) is 4.93. The van der Waals surface area contributed by atoms with Crippen molar-refractivity contribution in [1.82, 2.24) is 0 Å². The molecule has 1 aliphatic heterocycles. The minimum absolute atomic E-state index is 0.206. The fourth-order valence-corrected chi connectivity index (χ4v) is 4.74. The summed E-state index contributed by atoms with van der Waals surface area (Å²) >= 11 is 0. The van der Waals surface area contributed by atoms with Crippen molar-refractivity contribution in [3.8, 4) is 0 Å². The molecule has 0 saturated carbocycles. The van der Waals surface area contributed by atoms with Gasteiger partial charge in [0.2, 0.25) is 0 Å². The molecule has 4 nitrogen and oxygen atoms in total. The van der Waals surface area contributed by atoms with E-state index in [0.717, 1.165) is 27.8 Å². The first-order valence-electron chi connectivity index (χ1n) is 11.0. The lowest BCUT2D eigenvalue weighted by molar-refractivity contribution is -0.135. The fourth-order valence-electron chi connectivity index (χ4n) is 4.74. The van der Waals surface area contributed by atoms with E-state index in [-0.39, 0.29) is 12.2 Å². The molecule has 32 heavy (non-hydrogen) atoms. The van der Waals surface area contributed by atoms with Gasteiger partial charge in [0.1, 0.15) is 0 Å². The van der Waals surface area contributed by atoms with Gasteiger partial charge in [-0.2, -0.15) is 0 Å². The van der Waals surface area contributed by atoms with Gasteiger partial charge in [0.25, 0.3) is 5.91 Å². The van der Waals surface area contributed by atoms with Crippen LogP contribution in [0.4, 0.5) is 5.69 Å². The number of anilines is 1. The van der Waals surface area contributed by atoms with E-state index in [1.54, 1.807) is 17.0 Å². The number of rotatable bonds is 6. The van der Waals surface area contributed by atoms with Gasteiger partial charge in [-0.05, 0) is 68.0 Å². The second-order valence-corrected chi connectivity index (χ2v) is 8.81. The molecule has 0 spiro atoms. The third-order valence-electron chi connectivity index (χ3n) is 6.77. The van der Waals surface area contributed by atoms with Crippen molar-refractivity contribution < 1.29 is 14.7 Å². The van der Waals surface area contributed by atoms with Gasteiger partial charge in [0.15, 0.2) is 11.4 Å². The minimum atomic E-state index is -1.86. The molecule has 0 bridgehead atoms. The number of hydrogen-bond acceptors (Lipinski definition) is 3. The Labute approximate surface area is 189 Å². The number of nitrogens with zero attached hydrogens (tertiary/aromatic N) is 1. The standard InChI is InChI=1S/C28H29NO3/c1-18-16-19(2)21(4)26(20(18)3)25(30)17-28(32)23-12-8-9-13-24(23)29(27(28)31)15-14-22-10-6-5-7-11-22/h5-13,16,32H,14-15,17H2,1-4H3/t28-/m1/s1. The number of benzene rings is 3. The lowest BCUT2D eigenvalue weighted by atomic mass is 9.84. The minimum Gasteiger partial charge on any atom is -0.375 e. The summed E-state index contributed by atoms with van der Waals surface area (Å²) in [5, 5.41) is 11.6. The highest BCUT2D eigenvalue weighted by Crippen LogP contribution is 2.43. The highest BCUT2D eigenvalue weighted by Gasteiger charge is 2.50. The van der Waals surface area contributed by atoms with Gasteiger partial charge in [-0.25, -0.2) is 0 Å². The Hall–Kier alpha value is -3.24. The van der Waals surface area contributed by atoms with Crippen molar-refractivity contribution >= 4 is 17.4 Å². The second kappa shape index (κ2) is 8.36. The average Bonchev–Trinajstić information content (AvgIpc) is 2.98. The van der Waals surface area contributed by atoms with Crippen molar-refractivity contribution in [1.29, 1.82) is 0 Å². The summed E-state index contributed by atoms with van der Waals surface area (Å²) in [5.74, 6) is -0.634. The smallest absolute Gasteiger partial charge is 0.264 e. The van der Waals surface area contributed by atoms with Crippen LogP contribution in [0.15, 0.2) is 60.7 Å². The number of aryl methyl sites for hydroxylation is 2. The van der Waals surface area contributed by atoms with E-state index in [0.29, 0.717) is 29.8 Å². The van der Waals surface area contributed by atoms with Crippen LogP contribution in [0.1, 0.15) is 50.2 Å². The maximum absolute atomic E-state index is 13.5. The van der Waals surface area contributed by atoms with Crippen molar-refractivity contribution in [2.75, 3.05) is 11.4 Å². The highest BCUT2D eigenvalue weighted by molar-refractivity contribution is 6.11. The second-order valence-electron chi connectivity index (χ2n) is 8.81. The van der Waals surface area contributed by atoms with Crippen LogP contribution in [-0.4, -0.2) is 23.3 Å². The lowest BCUT2D eigenvalue weighted by Crippen LogP contribution is -2.42. The van der Waals surface area contributed by atoms with Crippen LogP contribution in [0.25, 0.3) is 0 Å². The molecule has 1 heterocycles. The number of carbonyl (C=O) groups is 2. The van der Waals surface area contributed by atoms with Gasteiger partial charge in [0, 0.05) is 17.7 Å². The number of hydrogen-bond donors (Lipinski definition) is 1. The molecule has 0 unspecified atom stereocenters. The molecule has 1 amide bonds. The SMILES string of the molecule is Cc1cc(C)c(C)c(C(=O)C[C@]2(O)C(=O)N(CCc3ccccc3)c3ccccc32)c1C. The van der Waals surface area contributed by atoms with E-state index in [1.807, 2.05) is 70.2 Å². The zero-order valence-electron chi connectivity index (χ0n) is 19.1. The molecule has 4 rings (SSSR count). The zero-order chi connectivity index (χ0) is 23.0. The van der Waals surface area contributed by atoms with E-state index in [2.05, 4.69) is 6.07 Å². The summed E-state index contributed by atoms with van der Waals surface area (Å²) < 4.78 is 0. The lowest BCUT2D eigenvalue weighted by Gasteiger charge is -2.24. The van der Waals surface area contributed by atoms with Gasteiger partial charge in [-0.3, -0.25) is 9.59 Å². The molecule has 1 N–H and O–H groups in total. The third kappa shape index (κ3) is 3.65. The number of aliphatic hydroxyl groups is 1. The summed E-state index contributed by atoms with van der Waals surface area (Å²) in [7, 11) is 0. The van der Waals surface area contributed by atoms with E-state index >= 15 is 0 Å². The Morgan fingerprint density at radius 1 is 0.906 bits per heavy atom. The van der Waals surface area contributed by atoms with E-state index in [9.17, 15) is 14.7 Å². The predicted molar refractivity (Wildman–Crippen MR) is 127 cm³/mol. The molecular weight excluding hydrogens is 398 g/mol. The largest absolute Gasteiger partial charge is 0.375 e. The Bertz CT molecular complexity index is 1170. The first-order valence-corrected chi connectivity index (χ1v) is 11.0. The molecule has 0 aromatic heterocycles. The molecule has 0 fully saturated rings. The van der Waals surface area contributed by atoms with Gasteiger partial charge >= 0.3 is 0 Å². The average molecular weight is 428 g/mol. The number of Topliss-reactive ketones (excluding diaryl/α,β-unsaturated/α-hetero) is 1. The Morgan fingerprint density at radius 2 is 1.50 bits per heavy atom. The first kappa shape index (κ1) is 22.0. The summed E-state index contributed by atoms with van der Waals surface area (Å²) in [6.45, 7) is 8.26. The third-order valence-corrected chi connectivity index (χ3v) is 6.77. The van der Waals surface area contributed by atoms with Gasteiger partial charge < -0.3 is 10.0 Å². The number of fused-ring (bicyclic) bond motifs is 1. The van der Waals surface area contributed by atoms with Crippen molar-refractivity contribution in [2.45, 2.75) is 46.1 Å². The van der Waals surface area contributed by atoms with Crippen LogP contribution in [-0.2, 0) is 16.8 Å². The van der Waals surface area contributed by atoms with E-state index in [1.165, 1.54) is 0 Å². The van der Waals surface area contributed by atoms with Gasteiger partial charge in [0.05, 0.1) is 12.1 Å². The summed E-state index contributed by atoms with van der Waals surface area (Å²) in [4.78, 5) is 28.6. The molecule has 3 aromatic rings. The van der Waals surface area contributed by atoms with E-state index in [4.69, 9.17) is 0 Å². The molecule has 4 heteroatoms. The van der Waals surface area contributed by atoms with Crippen molar-refractivity contribution in [2.24, 2.45) is 0 Å². The topological polar surface area (TPSA) is 57.6 Å². The highest BCUT2D eigenvalue weighted by atomic mass is 16.3. The quantitative estimate of drug-likeness (QED) is 0.565. The molecule has 3 aromatic carbocycles. The monoisotopic (exact) mass is 427 g/mol. The summed E-state index contributed by atoms with van der Waals surface area (Å²) in [6, 6.07) is 19.3. The van der Waals surface area contributed by atoms with Crippen LogP contribution < -0.4 is 4.90 Å². The van der Waals surface area contributed by atoms with Crippen LogP contribution in [0.2, 0.25) is 0 Å². The molecule has 0 radical (unpaired) electrons. The Kier molecular flexibility index (Phi) is 5.74. The molecular formula is C28H29NO3. The van der Waals surface area contributed by atoms with Gasteiger partial charge in [-0.1, -0.05) is 54.6 Å². The first-order chi connectivity index (χ1) is 15.2. The molecule has 0 aliphatic carbocycles. The number of carbonyl (C=O) groups excluding carboxylic acids is 2. The van der Waals surface area contributed by atoms with Crippen molar-refractivity contribution in [3.05, 3.63) is 99.6 Å².